The van der Waals surface area contributed by atoms with Gasteiger partial charge in [0.25, 0.3) is 0 Å². The van der Waals surface area contributed by atoms with E-state index in [-0.39, 0.29) is 12.3 Å². The number of ketones is 1. The fourth-order valence-electron chi connectivity index (χ4n) is 1.66. The van der Waals surface area contributed by atoms with Gasteiger partial charge in [0.1, 0.15) is 5.78 Å². The lowest BCUT2D eigenvalue weighted by Crippen LogP contribution is -2.16. The number of carbonyl (C=O) groups excluding carboxylic acids is 1. The van der Waals surface area contributed by atoms with Gasteiger partial charge in [-0.25, -0.2) is 0 Å². The topological polar surface area (TPSA) is 43.1 Å². The maximum atomic E-state index is 11.0. The second-order valence-electron chi connectivity index (χ2n) is 3.90. The summed E-state index contributed by atoms with van der Waals surface area (Å²) >= 11 is 0. The molecule has 64 valence electrons. The summed E-state index contributed by atoms with van der Waals surface area (Å²) in [4.78, 5) is 11.0. The SMILES string of the molecule is CC(C)CC1CC1C(=O)CN. The largest absolute Gasteiger partial charge is 0.324 e. The molecule has 0 amide bonds. The first-order chi connectivity index (χ1) is 5.15. The highest BCUT2D eigenvalue weighted by atomic mass is 16.1. The van der Waals surface area contributed by atoms with E-state index in [1.54, 1.807) is 0 Å². The van der Waals surface area contributed by atoms with Crippen LogP contribution in [0.3, 0.4) is 0 Å². The molecule has 2 nitrogen and oxygen atoms in total. The molecule has 2 unspecified atom stereocenters. The van der Waals surface area contributed by atoms with Crippen molar-refractivity contribution < 1.29 is 4.79 Å². The van der Waals surface area contributed by atoms with Crippen LogP contribution in [0.2, 0.25) is 0 Å². The molecule has 2 atom stereocenters. The highest BCUT2D eigenvalue weighted by Crippen LogP contribution is 2.43. The Bertz CT molecular complexity index is 154. The molecule has 1 rings (SSSR count). The Balaban J connectivity index is 2.21. The number of hydrogen-bond acceptors (Lipinski definition) is 2. The van der Waals surface area contributed by atoms with Gasteiger partial charge in [0.2, 0.25) is 0 Å². The van der Waals surface area contributed by atoms with Gasteiger partial charge in [-0.3, -0.25) is 4.79 Å². The number of hydrogen-bond donors (Lipinski definition) is 1. The van der Waals surface area contributed by atoms with Gasteiger partial charge in [0.05, 0.1) is 6.54 Å². The molecule has 1 aliphatic rings. The van der Waals surface area contributed by atoms with E-state index in [0.29, 0.717) is 11.8 Å². The molecule has 0 bridgehead atoms. The molecular weight excluding hydrogens is 138 g/mol. The first kappa shape index (κ1) is 8.72. The quantitative estimate of drug-likeness (QED) is 0.662. The molecule has 1 fully saturated rings. The predicted octanol–water partition coefficient (Wildman–Crippen LogP) is 1.20. The lowest BCUT2D eigenvalue weighted by Gasteiger charge is -2.01. The zero-order chi connectivity index (χ0) is 8.43. The van der Waals surface area contributed by atoms with Crippen LogP contribution in [-0.2, 0) is 4.79 Å². The number of Topliss-reactive ketones (excluding diaryl/α,β-unsaturated/α-hetero) is 1. The highest BCUT2D eigenvalue weighted by Gasteiger charge is 2.41. The molecule has 0 saturated heterocycles. The average molecular weight is 155 g/mol. The number of rotatable bonds is 4. The first-order valence-corrected chi connectivity index (χ1v) is 4.38. The zero-order valence-electron chi connectivity index (χ0n) is 7.34. The molecule has 0 heterocycles. The Kier molecular flexibility index (Phi) is 2.66. The Morgan fingerprint density at radius 1 is 1.64 bits per heavy atom. The van der Waals surface area contributed by atoms with Crippen LogP contribution in [0, 0.1) is 17.8 Å². The van der Waals surface area contributed by atoms with Crippen LogP contribution in [0.1, 0.15) is 26.7 Å². The van der Waals surface area contributed by atoms with E-state index in [4.69, 9.17) is 5.73 Å². The molecular formula is C9H17NO. The van der Waals surface area contributed by atoms with E-state index in [0.717, 1.165) is 12.3 Å². The van der Waals surface area contributed by atoms with Crippen LogP contribution in [-0.4, -0.2) is 12.3 Å². The Morgan fingerprint density at radius 2 is 2.27 bits per heavy atom. The predicted molar refractivity (Wildman–Crippen MR) is 45.1 cm³/mol. The molecule has 0 aliphatic heterocycles. The van der Waals surface area contributed by atoms with Crippen LogP contribution >= 0.6 is 0 Å². The molecule has 0 spiro atoms. The van der Waals surface area contributed by atoms with Crippen LogP contribution in [0.5, 0.6) is 0 Å². The van der Waals surface area contributed by atoms with Crippen molar-refractivity contribution in [3.8, 4) is 0 Å². The van der Waals surface area contributed by atoms with Gasteiger partial charge in [0, 0.05) is 5.92 Å². The van der Waals surface area contributed by atoms with E-state index in [9.17, 15) is 4.79 Å². The van der Waals surface area contributed by atoms with Crippen molar-refractivity contribution in [2.75, 3.05) is 6.54 Å². The summed E-state index contributed by atoms with van der Waals surface area (Å²) in [6.07, 6.45) is 2.28. The third-order valence-electron chi connectivity index (χ3n) is 2.31. The fourth-order valence-corrected chi connectivity index (χ4v) is 1.66. The van der Waals surface area contributed by atoms with Gasteiger partial charge in [-0.2, -0.15) is 0 Å². The lowest BCUT2D eigenvalue weighted by atomic mass is 10.0. The molecule has 1 saturated carbocycles. The second kappa shape index (κ2) is 3.35. The summed E-state index contributed by atoms with van der Waals surface area (Å²) in [7, 11) is 0. The normalized spacial score (nSPS) is 29.1. The first-order valence-electron chi connectivity index (χ1n) is 4.38. The zero-order valence-corrected chi connectivity index (χ0v) is 7.34. The minimum atomic E-state index is 0.235. The van der Waals surface area contributed by atoms with Gasteiger partial charge < -0.3 is 5.73 Å². The van der Waals surface area contributed by atoms with Gasteiger partial charge in [-0.05, 0) is 24.7 Å². The van der Waals surface area contributed by atoms with E-state index >= 15 is 0 Å². The van der Waals surface area contributed by atoms with Crippen molar-refractivity contribution >= 4 is 5.78 Å². The summed E-state index contributed by atoms with van der Waals surface area (Å²) in [5.41, 5.74) is 5.26. The molecule has 2 N–H and O–H groups in total. The lowest BCUT2D eigenvalue weighted by molar-refractivity contribution is -0.119. The summed E-state index contributed by atoms with van der Waals surface area (Å²) in [5, 5.41) is 0. The molecule has 11 heavy (non-hydrogen) atoms. The van der Waals surface area contributed by atoms with Gasteiger partial charge >= 0.3 is 0 Å². The van der Waals surface area contributed by atoms with Crippen molar-refractivity contribution in [3.63, 3.8) is 0 Å². The van der Waals surface area contributed by atoms with Crippen LogP contribution in [0.25, 0.3) is 0 Å². The van der Waals surface area contributed by atoms with Gasteiger partial charge in [-0.1, -0.05) is 13.8 Å². The summed E-state index contributed by atoms with van der Waals surface area (Å²) in [6.45, 7) is 4.63. The average Bonchev–Trinajstić information content (AvgIpc) is 2.65. The Hall–Kier alpha value is -0.370. The molecule has 1 aliphatic carbocycles. The molecule has 2 heteroatoms. The highest BCUT2D eigenvalue weighted by molar-refractivity contribution is 5.85. The fraction of sp³-hybridized carbons (Fsp3) is 0.889. The minimum absolute atomic E-state index is 0.235. The van der Waals surface area contributed by atoms with Crippen LogP contribution in [0.4, 0.5) is 0 Å². The molecule has 0 radical (unpaired) electrons. The molecule has 0 aromatic rings. The maximum Gasteiger partial charge on any atom is 0.149 e. The molecule has 0 aromatic heterocycles. The Morgan fingerprint density at radius 3 is 2.73 bits per heavy atom. The minimum Gasteiger partial charge on any atom is -0.324 e. The van der Waals surface area contributed by atoms with Crippen molar-refractivity contribution in [3.05, 3.63) is 0 Å². The van der Waals surface area contributed by atoms with Crippen LogP contribution in [0.15, 0.2) is 0 Å². The van der Waals surface area contributed by atoms with E-state index < -0.39 is 0 Å². The monoisotopic (exact) mass is 155 g/mol. The van der Waals surface area contributed by atoms with Gasteiger partial charge in [0.15, 0.2) is 0 Å². The standard InChI is InChI=1S/C9H17NO/c1-6(2)3-7-4-8(7)9(11)5-10/h6-8H,3-5,10H2,1-2H3. The summed E-state index contributed by atoms with van der Waals surface area (Å²) in [5.74, 6) is 1.96. The summed E-state index contributed by atoms with van der Waals surface area (Å²) < 4.78 is 0. The Labute approximate surface area is 68.2 Å². The summed E-state index contributed by atoms with van der Waals surface area (Å²) in [6, 6.07) is 0. The van der Waals surface area contributed by atoms with Crippen molar-refractivity contribution in [1.29, 1.82) is 0 Å². The molecule has 0 aromatic carbocycles. The van der Waals surface area contributed by atoms with Crippen LogP contribution < -0.4 is 5.73 Å². The maximum absolute atomic E-state index is 11.0. The van der Waals surface area contributed by atoms with Crippen molar-refractivity contribution in [2.45, 2.75) is 26.7 Å². The van der Waals surface area contributed by atoms with E-state index in [1.807, 2.05) is 0 Å². The van der Waals surface area contributed by atoms with Gasteiger partial charge in [-0.15, -0.1) is 0 Å². The third kappa shape index (κ3) is 2.29. The second-order valence-corrected chi connectivity index (χ2v) is 3.90. The number of nitrogens with two attached hydrogens (primary N) is 1. The van der Waals surface area contributed by atoms with Crippen molar-refractivity contribution in [2.24, 2.45) is 23.5 Å². The van der Waals surface area contributed by atoms with Crippen molar-refractivity contribution in [1.82, 2.24) is 0 Å². The smallest absolute Gasteiger partial charge is 0.149 e. The third-order valence-corrected chi connectivity index (χ3v) is 2.31. The number of carbonyl (C=O) groups is 1. The van der Waals surface area contributed by atoms with E-state index in [2.05, 4.69) is 13.8 Å². The van der Waals surface area contributed by atoms with E-state index in [1.165, 1.54) is 6.42 Å².